The van der Waals surface area contributed by atoms with E-state index >= 15 is 0 Å². The van der Waals surface area contributed by atoms with Gasteiger partial charge in [0.1, 0.15) is 0 Å². The van der Waals surface area contributed by atoms with Crippen molar-refractivity contribution >= 4 is 21.6 Å². The van der Waals surface area contributed by atoms with Crippen molar-refractivity contribution in [1.29, 1.82) is 0 Å². The maximum absolute atomic E-state index is 14.6. The first kappa shape index (κ1) is 24.6. The number of benzene rings is 4. The lowest BCUT2D eigenvalue weighted by molar-refractivity contribution is -0.124. The minimum Gasteiger partial charge on any atom is -0.307 e. The number of amides is 1. The predicted molar refractivity (Wildman–Crippen MR) is 149 cm³/mol. The number of aryl methyl sites for hydroxylation is 2. The fraction of sp³-hybridized carbons (Fsp3) is 0.219. The van der Waals surface area contributed by atoms with Crippen LogP contribution in [0, 0.1) is 13.8 Å². The molecule has 1 amide bonds. The van der Waals surface area contributed by atoms with E-state index < -0.39 is 21.5 Å². The van der Waals surface area contributed by atoms with Crippen molar-refractivity contribution in [2.75, 3.05) is 11.4 Å². The summed E-state index contributed by atoms with van der Waals surface area (Å²) in [4.78, 5) is 16.7. The standard InChI is InChI=1S/C32H30N2O3S/c1-23-16-18-26(19-17-23)38(36,37)34-21-20-32(30(34)27-13-7-6-10-24(27)2)28-14-8-9-15-29(28)33(31(32)35)22-25-11-4-3-5-12-25/h3-19,30H,20-22H2,1-2H3/t30-,32+/m1/s1. The molecule has 1 spiro atoms. The van der Waals surface area contributed by atoms with Crippen molar-refractivity contribution in [3.8, 4) is 0 Å². The van der Waals surface area contributed by atoms with Crippen LogP contribution in [0.4, 0.5) is 5.69 Å². The second kappa shape index (κ2) is 9.22. The Bertz CT molecular complexity index is 1620. The molecule has 4 aromatic rings. The topological polar surface area (TPSA) is 57.7 Å². The Balaban J connectivity index is 1.54. The lowest BCUT2D eigenvalue weighted by atomic mass is 9.72. The quantitative estimate of drug-likeness (QED) is 0.327. The second-order valence-corrected chi connectivity index (χ2v) is 12.2. The van der Waals surface area contributed by atoms with Gasteiger partial charge in [-0.1, -0.05) is 90.5 Å². The molecule has 5 nitrogen and oxygen atoms in total. The fourth-order valence-corrected chi connectivity index (χ4v) is 7.85. The van der Waals surface area contributed by atoms with Crippen molar-refractivity contribution in [3.63, 3.8) is 0 Å². The zero-order valence-electron chi connectivity index (χ0n) is 21.5. The molecule has 6 rings (SSSR count). The number of sulfonamides is 1. The molecule has 0 aliphatic carbocycles. The first-order valence-corrected chi connectivity index (χ1v) is 14.4. The number of nitrogens with zero attached hydrogens (tertiary/aromatic N) is 2. The summed E-state index contributed by atoms with van der Waals surface area (Å²) in [6.45, 7) is 4.62. The maximum Gasteiger partial charge on any atom is 0.243 e. The van der Waals surface area contributed by atoms with Crippen molar-refractivity contribution in [3.05, 3.63) is 131 Å². The SMILES string of the molecule is Cc1ccc(S(=O)(=O)N2CC[C@@]3(C(=O)N(Cc4ccccc4)c4ccccc43)[C@H]2c2ccccc2C)cc1. The van der Waals surface area contributed by atoms with Gasteiger partial charge in [-0.3, -0.25) is 4.79 Å². The van der Waals surface area contributed by atoms with Crippen molar-refractivity contribution in [1.82, 2.24) is 4.31 Å². The van der Waals surface area contributed by atoms with Gasteiger partial charge < -0.3 is 4.90 Å². The summed E-state index contributed by atoms with van der Waals surface area (Å²) in [5.41, 5.74) is 4.59. The average Bonchev–Trinajstić information content (AvgIpc) is 3.44. The number of anilines is 1. The van der Waals surface area contributed by atoms with Crippen molar-refractivity contribution in [2.24, 2.45) is 0 Å². The molecule has 0 N–H and O–H groups in total. The third-order valence-electron chi connectivity index (χ3n) is 8.08. The molecule has 2 aliphatic rings. The Morgan fingerprint density at radius 1 is 0.816 bits per heavy atom. The molecule has 4 aromatic carbocycles. The van der Waals surface area contributed by atoms with Crippen LogP contribution in [-0.4, -0.2) is 25.2 Å². The van der Waals surface area contributed by atoms with Gasteiger partial charge in [0.2, 0.25) is 15.9 Å². The highest BCUT2D eigenvalue weighted by Gasteiger charge is 2.63. The van der Waals surface area contributed by atoms with Gasteiger partial charge in [0.25, 0.3) is 0 Å². The Labute approximate surface area is 224 Å². The molecule has 0 bridgehead atoms. The van der Waals surface area contributed by atoms with Crippen LogP contribution < -0.4 is 4.90 Å². The van der Waals surface area contributed by atoms with E-state index in [1.165, 1.54) is 0 Å². The van der Waals surface area contributed by atoms with Gasteiger partial charge >= 0.3 is 0 Å². The Morgan fingerprint density at radius 2 is 1.47 bits per heavy atom. The molecule has 2 heterocycles. The fourth-order valence-electron chi connectivity index (χ4n) is 6.20. The van der Waals surface area contributed by atoms with E-state index in [-0.39, 0.29) is 17.3 Å². The average molecular weight is 523 g/mol. The van der Waals surface area contributed by atoms with Gasteiger partial charge in [0.15, 0.2) is 0 Å². The number of para-hydroxylation sites is 1. The first-order valence-electron chi connectivity index (χ1n) is 12.9. The second-order valence-electron chi connectivity index (χ2n) is 10.3. The van der Waals surface area contributed by atoms with Gasteiger partial charge in [-0.15, -0.1) is 0 Å². The normalized spacial score (nSPS) is 21.3. The number of rotatable bonds is 5. The number of fused-ring (bicyclic) bond motifs is 2. The van der Waals surface area contributed by atoms with E-state index in [9.17, 15) is 13.2 Å². The molecule has 1 fully saturated rings. The molecular formula is C32H30N2O3S. The Hall–Kier alpha value is -3.74. The maximum atomic E-state index is 14.6. The Kier molecular flexibility index (Phi) is 5.97. The number of hydrogen-bond donors (Lipinski definition) is 0. The number of carbonyl (C=O) groups is 1. The van der Waals surface area contributed by atoms with E-state index in [2.05, 4.69) is 0 Å². The summed E-state index contributed by atoms with van der Waals surface area (Å²) >= 11 is 0. The van der Waals surface area contributed by atoms with Crippen molar-refractivity contribution in [2.45, 2.75) is 43.2 Å². The van der Waals surface area contributed by atoms with Crippen LogP contribution in [0.25, 0.3) is 0 Å². The summed E-state index contributed by atoms with van der Waals surface area (Å²) < 4.78 is 29.9. The molecule has 0 saturated carbocycles. The lowest BCUT2D eigenvalue weighted by Gasteiger charge is -2.35. The third-order valence-corrected chi connectivity index (χ3v) is 9.96. The summed E-state index contributed by atoms with van der Waals surface area (Å²) in [5.74, 6) is -0.0441. The summed E-state index contributed by atoms with van der Waals surface area (Å²) in [6.07, 6.45) is 0.415. The van der Waals surface area contributed by atoms with Gasteiger partial charge in [0.05, 0.1) is 22.9 Å². The van der Waals surface area contributed by atoms with E-state index in [1.807, 2.05) is 110 Å². The minimum atomic E-state index is -3.87. The predicted octanol–water partition coefficient (Wildman–Crippen LogP) is 5.92. The molecule has 0 aromatic heterocycles. The van der Waals surface area contributed by atoms with Crippen LogP contribution in [0.5, 0.6) is 0 Å². The van der Waals surface area contributed by atoms with Crippen LogP contribution in [-0.2, 0) is 26.8 Å². The molecule has 2 atom stereocenters. The largest absolute Gasteiger partial charge is 0.307 e. The van der Waals surface area contributed by atoms with E-state index in [1.54, 1.807) is 16.4 Å². The molecule has 0 unspecified atom stereocenters. The zero-order chi connectivity index (χ0) is 26.5. The monoisotopic (exact) mass is 522 g/mol. The molecule has 0 radical (unpaired) electrons. The van der Waals surface area contributed by atoms with E-state index in [0.29, 0.717) is 13.0 Å². The minimum absolute atomic E-state index is 0.0441. The van der Waals surface area contributed by atoms with Crippen LogP contribution in [0.3, 0.4) is 0 Å². The van der Waals surface area contributed by atoms with Crippen molar-refractivity contribution < 1.29 is 13.2 Å². The number of carbonyl (C=O) groups excluding carboxylic acids is 1. The third kappa shape index (κ3) is 3.70. The van der Waals surface area contributed by atoms with E-state index in [4.69, 9.17) is 0 Å². The summed E-state index contributed by atoms with van der Waals surface area (Å²) in [7, 11) is -3.87. The van der Waals surface area contributed by atoms with Crippen LogP contribution in [0.1, 0.15) is 40.3 Å². The van der Waals surface area contributed by atoms with Crippen LogP contribution in [0.2, 0.25) is 0 Å². The molecule has 2 aliphatic heterocycles. The highest BCUT2D eigenvalue weighted by molar-refractivity contribution is 7.89. The lowest BCUT2D eigenvalue weighted by Crippen LogP contribution is -2.45. The summed E-state index contributed by atoms with van der Waals surface area (Å²) in [6, 6.07) is 32.0. The molecular weight excluding hydrogens is 492 g/mol. The van der Waals surface area contributed by atoms with Gasteiger partial charge in [-0.25, -0.2) is 8.42 Å². The van der Waals surface area contributed by atoms with Gasteiger partial charge in [-0.2, -0.15) is 4.31 Å². The van der Waals surface area contributed by atoms with E-state index in [0.717, 1.165) is 33.5 Å². The van der Waals surface area contributed by atoms with Crippen LogP contribution in [0.15, 0.2) is 108 Å². The zero-order valence-corrected chi connectivity index (χ0v) is 22.4. The van der Waals surface area contributed by atoms with Crippen LogP contribution >= 0.6 is 0 Å². The highest BCUT2D eigenvalue weighted by Crippen LogP contribution is 2.58. The highest BCUT2D eigenvalue weighted by atomic mass is 32.2. The molecule has 6 heteroatoms. The first-order chi connectivity index (χ1) is 18.3. The Morgan fingerprint density at radius 3 is 2.21 bits per heavy atom. The number of hydrogen-bond acceptors (Lipinski definition) is 3. The van der Waals surface area contributed by atoms with Gasteiger partial charge in [-0.05, 0) is 60.7 Å². The molecule has 1 saturated heterocycles. The molecule has 38 heavy (non-hydrogen) atoms. The smallest absolute Gasteiger partial charge is 0.243 e. The van der Waals surface area contributed by atoms with Gasteiger partial charge in [0, 0.05) is 12.2 Å². The summed E-state index contributed by atoms with van der Waals surface area (Å²) in [5, 5.41) is 0. The molecule has 192 valence electrons.